The van der Waals surface area contributed by atoms with Gasteiger partial charge >= 0.3 is 0 Å². The maximum Gasteiger partial charge on any atom is 0.256 e. The molecule has 0 spiro atoms. The molecule has 2 aromatic rings. The molecule has 0 radical (unpaired) electrons. The molecule has 0 aliphatic carbocycles. The molecule has 4 nitrogen and oxygen atoms in total. The first-order chi connectivity index (χ1) is 12.1. The highest BCUT2D eigenvalue weighted by molar-refractivity contribution is 9.10. The minimum absolute atomic E-state index is 0.0346. The van der Waals surface area contributed by atoms with Gasteiger partial charge in [0.05, 0.1) is 5.56 Å². The quantitative estimate of drug-likeness (QED) is 0.710. The van der Waals surface area contributed by atoms with Gasteiger partial charge in [0.15, 0.2) is 0 Å². The minimum atomic E-state index is -0.190. The summed E-state index contributed by atoms with van der Waals surface area (Å²) in [6, 6.07) is 14.3. The van der Waals surface area contributed by atoms with Crippen molar-refractivity contribution in [3.05, 3.63) is 64.1 Å². The Hall–Kier alpha value is -2.14. The molecule has 1 N–H and O–H groups in total. The molecule has 2 amide bonds. The lowest BCUT2D eigenvalue weighted by molar-refractivity contribution is 0.0755. The first-order valence-corrected chi connectivity index (χ1v) is 9.31. The Morgan fingerprint density at radius 2 is 1.56 bits per heavy atom. The van der Waals surface area contributed by atoms with Crippen molar-refractivity contribution >= 4 is 33.4 Å². The molecular formula is C20H23BrN2O2. The summed E-state index contributed by atoms with van der Waals surface area (Å²) in [5.74, 6) is -0.155. The van der Waals surface area contributed by atoms with Crippen molar-refractivity contribution in [2.24, 2.45) is 0 Å². The Morgan fingerprint density at radius 1 is 0.960 bits per heavy atom. The second-order valence-electron chi connectivity index (χ2n) is 5.80. The molecule has 2 rings (SSSR count). The average molecular weight is 403 g/mol. The van der Waals surface area contributed by atoms with E-state index in [2.05, 4.69) is 35.1 Å². The van der Waals surface area contributed by atoms with E-state index in [0.29, 0.717) is 16.8 Å². The number of hydrogen-bond acceptors (Lipinski definition) is 2. The van der Waals surface area contributed by atoms with Gasteiger partial charge < -0.3 is 10.2 Å². The zero-order valence-electron chi connectivity index (χ0n) is 14.6. The van der Waals surface area contributed by atoms with Gasteiger partial charge in [-0.15, -0.1) is 0 Å². The average Bonchev–Trinajstić information content (AvgIpc) is 2.62. The predicted octanol–water partition coefficient (Wildman–Crippen LogP) is 4.96. The monoisotopic (exact) mass is 402 g/mol. The minimum Gasteiger partial charge on any atom is -0.339 e. The fourth-order valence-corrected chi connectivity index (χ4v) is 3.04. The van der Waals surface area contributed by atoms with Gasteiger partial charge in [-0.05, 0) is 65.2 Å². The summed E-state index contributed by atoms with van der Waals surface area (Å²) < 4.78 is 0.745. The molecule has 0 bridgehead atoms. The summed E-state index contributed by atoms with van der Waals surface area (Å²) in [6.45, 7) is 5.65. The van der Waals surface area contributed by atoms with Crippen LogP contribution in [0.25, 0.3) is 0 Å². The summed E-state index contributed by atoms with van der Waals surface area (Å²) in [6.07, 6.45) is 1.87. The van der Waals surface area contributed by atoms with Crippen LogP contribution in [0.4, 0.5) is 5.69 Å². The molecule has 0 aromatic heterocycles. The summed E-state index contributed by atoms with van der Waals surface area (Å²) in [7, 11) is 0. The van der Waals surface area contributed by atoms with Gasteiger partial charge in [0, 0.05) is 28.8 Å². The second kappa shape index (κ2) is 9.37. The largest absolute Gasteiger partial charge is 0.339 e. The standard InChI is InChI=1S/C20H23BrN2O2/c1-3-13-23(14-4-2)20(25)15-9-11-16(12-10-15)22-19(24)17-7-5-6-8-18(17)21/h5-12H,3-4,13-14H2,1-2H3,(H,22,24). The number of rotatable bonds is 7. The van der Waals surface area contributed by atoms with E-state index in [1.165, 1.54) is 0 Å². The van der Waals surface area contributed by atoms with Crippen molar-refractivity contribution < 1.29 is 9.59 Å². The first-order valence-electron chi connectivity index (χ1n) is 8.52. The Bertz CT molecular complexity index is 723. The number of carbonyl (C=O) groups is 2. The lowest BCUT2D eigenvalue weighted by Crippen LogP contribution is -2.32. The predicted molar refractivity (Wildman–Crippen MR) is 105 cm³/mol. The molecule has 0 unspecified atom stereocenters. The maximum atomic E-state index is 12.6. The molecule has 0 saturated heterocycles. The molecular weight excluding hydrogens is 380 g/mol. The topological polar surface area (TPSA) is 49.4 Å². The molecule has 0 fully saturated rings. The van der Waals surface area contributed by atoms with Crippen molar-refractivity contribution in [2.45, 2.75) is 26.7 Å². The number of carbonyl (C=O) groups excluding carboxylic acids is 2. The van der Waals surface area contributed by atoms with Gasteiger partial charge in [0.25, 0.3) is 11.8 Å². The number of anilines is 1. The van der Waals surface area contributed by atoms with Gasteiger partial charge in [-0.2, -0.15) is 0 Å². The van der Waals surface area contributed by atoms with Crippen LogP contribution < -0.4 is 5.32 Å². The van der Waals surface area contributed by atoms with E-state index in [4.69, 9.17) is 0 Å². The van der Waals surface area contributed by atoms with E-state index >= 15 is 0 Å². The number of amides is 2. The Balaban J connectivity index is 2.08. The summed E-state index contributed by atoms with van der Waals surface area (Å²) in [5, 5.41) is 2.85. The number of hydrogen-bond donors (Lipinski definition) is 1. The molecule has 132 valence electrons. The number of halogens is 1. The van der Waals surface area contributed by atoms with Crippen LogP contribution in [0, 0.1) is 0 Å². The van der Waals surface area contributed by atoms with E-state index in [0.717, 1.165) is 30.4 Å². The number of nitrogens with one attached hydrogen (secondary N) is 1. The van der Waals surface area contributed by atoms with Crippen LogP contribution in [0.5, 0.6) is 0 Å². The zero-order valence-corrected chi connectivity index (χ0v) is 16.2. The summed E-state index contributed by atoms with van der Waals surface area (Å²) in [5.41, 5.74) is 1.87. The van der Waals surface area contributed by atoms with Crippen molar-refractivity contribution in [3.8, 4) is 0 Å². The summed E-state index contributed by atoms with van der Waals surface area (Å²) in [4.78, 5) is 26.7. The molecule has 5 heteroatoms. The molecule has 0 saturated carbocycles. The van der Waals surface area contributed by atoms with Gasteiger partial charge in [0.1, 0.15) is 0 Å². The van der Waals surface area contributed by atoms with Crippen molar-refractivity contribution in [3.63, 3.8) is 0 Å². The van der Waals surface area contributed by atoms with Crippen LogP contribution in [0.15, 0.2) is 53.0 Å². The van der Waals surface area contributed by atoms with Gasteiger partial charge in [-0.1, -0.05) is 26.0 Å². The summed E-state index contributed by atoms with van der Waals surface area (Å²) >= 11 is 3.38. The maximum absolute atomic E-state index is 12.6. The Labute approximate surface area is 157 Å². The van der Waals surface area contributed by atoms with E-state index < -0.39 is 0 Å². The second-order valence-corrected chi connectivity index (χ2v) is 6.66. The lowest BCUT2D eigenvalue weighted by Gasteiger charge is -2.21. The first kappa shape index (κ1) is 19.2. The molecule has 25 heavy (non-hydrogen) atoms. The Morgan fingerprint density at radius 3 is 2.12 bits per heavy atom. The van der Waals surface area contributed by atoms with Crippen LogP contribution in [0.2, 0.25) is 0 Å². The van der Waals surface area contributed by atoms with Crippen LogP contribution in [-0.4, -0.2) is 29.8 Å². The highest BCUT2D eigenvalue weighted by Crippen LogP contribution is 2.18. The lowest BCUT2D eigenvalue weighted by atomic mass is 10.1. The highest BCUT2D eigenvalue weighted by atomic mass is 79.9. The Kier molecular flexibility index (Phi) is 7.19. The van der Waals surface area contributed by atoms with Crippen molar-refractivity contribution in [1.82, 2.24) is 4.90 Å². The molecule has 0 atom stereocenters. The smallest absolute Gasteiger partial charge is 0.256 e. The van der Waals surface area contributed by atoms with E-state index in [9.17, 15) is 9.59 Å². The number of benzene rings is 2. The third-order valence-electron chi connectivity index (χ3n) is 3.78. The van der Waals surface area contributed by atoms with Crippen molar-refractivity contribution in [1.29, 1.82) is 0 Å². The molecule has 0 heterocycles. The van der Waals surface area contributed by atoms with E-state index in [1.807, 2.05) is 23.1 Å². The van der Waals surface area contributed by atoms with Crippen molar-refractivity contribution in [2.75, 3.05) is 18.4 Å². The van der Waals surface area contributed by atoms with Crippen LogP contribution in [0.3, 0.4) is 0 Å². The molecule has 2 aromatic carbocycles. The van der Waals surface area contributed by atoms with Gasteiger partial charge in [-0.3, -0.25) is 9.59 Å². The third-order valence-corrected chi connectivity index (χ3v) is 4.47. The van der Waals surface area contributed by atoms with Gasteiger partial charge in [-0.25, -0.2) is 0 Å². The SMILES string of the molecule is CCCN(CCC)C(=O)c1ccc(NC(=O)c2ccccc2Br)cc1. The zero-order chi connectivity index (χ0) is 18.2. The fourth-order valence-electron chi connectivity index (χ4n) is 2.58. The normalized spacial score (nSPS) is 10.4. The van der Waals surface area contributed by atoms with Crippen LogP contribution in [0.1, 0.15) is 47.4 Å². The fraction of sp³-hybridized carbons (Fsp3) is 0.300. The van der Waals surface area contributed by atoms with Crippen LogP contribution >= 0.6 is 15.9 Å². The van der Waals surface area contributed by atoms with E-state index in [-0.39, 0.29) is 11.8 Å². The highest BCUT2D eigenvalue weighted by Gasteiger charge is 2.14. The van der Waals surface area contributed by atoms with E-state index in [1.54, 1.807) is 30.3 Å². The van der Waals surface area contributed by atoms with Gasteiger partial charge in [0.2, 0.25) is 0 Å². The molecule has 0 aliphatic heterocycles. The number of nitrogens with zero attached hydrogens (tertiary/aromatic N) is 1. The third kappa shape index (κ3) is 5.16. The molecule has 0 aliphatic rings. The van der Waals surface area contributed by atoms with Crippen LogP contribution in [-0.2, 0) is 0 Å².